The lowest BCUT2D eigenvalue weighted by atomic mass is 10.0. The molecule has 1 atom stereocenters. The fourth-order valence-electron chi connectivity index (χ4n) is 1.83. The summed E-state index contributed by atoms with van der Waals surface area (Å²) in [7, 11) is 1.75. The Labute approximate surface area is 110 Å². The van der Waals surface area contributed by atoms with Gasteiger partial charge in [0.25, 0.3) is 0 Å². The maximum Gasteiger partial charge on any atom is 0.107 e. The Kier molecular flexibility index (Phi) is 5.89. The molecule has 0 amide bonds. The van der Waals surface area contributed by atoms with E-state index in [9.17, 15) is 0 Å². The van der Waals surface area contributed by atoms with E-state index in [-0.39, 0.29) is 6.10 Å². The van der Waals surface area contributed by atoms with Crippen LogP contribution in [0.3, 0.4) is 0 Å². The number of ether oxygens (including phenoxy) is 1. The Bertz CT molecular complexity index is 445. The van der Waals surface area contributed by atoms with Gasteiger partial charge in [0.05, 0.1) is 0 Å². The van der Waals surface area contributed by atoms with E-state index >= 15 is 0 Å². The molecule has 0 heterocycles. The van der Waals surface area contributed by atoms with Gasteiger partial charge in [0.2, 0.25) is 0 Å². The molecule has 0 bridgehead atoms. The van der Waals surface area contributed by atoms with Crippen LogP contribution in [-0.2, 0) is 4.74 Å². The van der Waals surface area contributed by atoms with Crippen molar-refractivity contribution < 1.29 is 4.74 Å². The van der Waals surface area contributed by atoms with Gasteiger partial charge in [0.15, 0.2) is 0 Å². The zero-order valence-electron chi connectivity index (χ0n) is 11.1. The van der Waals surface area contributed by atoms with Gasteiger partial charge in [0.1, 0.15) is 6.10 Å². The molecule has 1 nitrogen and oxygen atoms in total. The summed E-state index contributed by atoms with van der Waals surface area (Å²) in [4.78, 5) is 0. The van der Waals surface area contributed by atoms with Crippen LogP contribution in [0.5, 0.6) is 0 Å². The van der Waals surface area contributed by atoms with Crippen LogP contribution in [0.4, 0.5) is 0 Å². The van der Waals surface area contributed by atoms with Gasteiger partial charge in [-0.15, -0.1) is 13.2 Å². The zero-order chi connectivity index (χ0) is 13.4. The fourth-order valence-corrected chi connectivity index (χ4v) is 1.83. The summed E-state index contributed by atoms with van der Waals surface area (Å²) in [5.74, 6) is 0. The van der Waals surface area contributed by atoms with Crippen molar-refractivity contribution in [3.63, 3.8) is 0 Å². The van der Waals surface area contributed by atoms with Crippen molar-refractivity contribution in [1.82, 2.24) is 0 Å². The van der Waals surface area contributed by atoms with Crippen molar-refractivity contribution in [1.29, 1.82) is 0 Å². The van der Waals surface area contributed by atoms with Gasteiger partial charge < -0.3 is 4.74 Å². The quantitative estimate of drug-likeness (QED) is 0.716. The lowest BCUT2D eigenvalue weighted by molar-refractivity contribution is 0.136. The van der Waals surface area contributed by atoms with E-state index in [1.54, 1.807) is 7.11 Å². The first-order chi connectivity index (χ1) is 8.81. The van der Waals surface area contributed by atoms with E-state index in [2.05, 4.69) is 56.5 Å². The molecule has 0 saturated carbocycles. The minimum Gasteiger partial charge on any atom is -0.372 e. The molecular weight excluding hydrogens is 220 g/mol. The maximum atomic E-state index is 5.56. The number of rotatable bonds is 3. The van der Waals surface area contributed by atoms with Gasteiger partial charge in [-0.3, -0.25) is 0 Å². The predicted octanol–water partition coefficient (Wildman–Crippen LogP) is 4.53. The average Bonchev–Trinajstić information content (AvgIpc) is 2.45. The second-order valence-electron chi connectivity index (χ2n) is 3.94. The molecule has 2 rings (SSSR count). The molecule has 0 radical (unpaired) electrons. The largest absolute Gasteiger partial charge is 0.372 e. The molecule has 18 heavy (non-hydrogen) atoms. The van der Waals surface area contributed by atoms with Crippen LogP contribution in [0.15, 0.2) is 67.8 Å². The first-order valence-electron chi connectivity index (χ1n) is 5.95. The predicted molar refractivity (Wildman–Crippen MR) is 77.7 cm³/mol. The summed E-state index contributed by atoms with van der Waals surface area (Å²) in [6, 6.07) is 18.8. The van der Waals surface area contributed by atoms with Crippen LogP contribution in [0.2, 0.25) is 0 Å². The first kappa shape index (κ1) is 14.2. The molecule has 0 fully saturated rings. The summed E-state index contributed by atoms with van der Waals surface area (Å²) in [5, 5.41) is 0. The van der Waals surface area contributed by atoms with Gasteiger partial charge in [-0.2, -0.15) is 0 Å². The van der Waals surface area contributed by atoms with E-state index in [4.69, 9.17) is 4.74 Å². The molecule has 0 N–H and O–H groups in total. The highest BCUT2D eigenvalue weighted by Crippen LogP contribution is 2.25. The van der Waals surface area contributed by atoms with Gasteiger partial charge >= 0.3 is 0 Å². The lowest BCUT2D eigenvalue weighted by Crippen LogP contribution is -2.02. The molecule has 0 saturated heterocycles. The second-order valence-corrected chi connectivity index (χ2v) is 3.94. The zero-order valence-corrected chi connectivity index (χ0v) is 11.1. The molecule has 1 heteroatoms. The van der Waals surface area contributed by atoms with Crippen LogP contribution in [0, 0.1) is 6.92 Å². The Morgan fingerprint density at radius 3 is 1.83 bits per heavy atom. The maximum absolute atomic E-state index is 5.56. The number of benzene rings is 2. The van der Waals surface area contributed by atoms with Crippen LogP contribution in [0.25, 0.3) is 0 Å². The third-order valence-corrected chi connectivity index (χ3v) is 2.72. The number of aryl methyl sites for hydroxylation is 1. The standard InChI is InChI=1S/C15H16O.C2H4/c1-12-8-10-14(11-9-12)15(16-2)13-6-4-3-5-7-13;1-2/h3-11,15H,1-2H3;1-2H2. The van der Waals surface area contributed by atoms with E-state index in [1.165, 1.54) is 16.7 Å². The molecule has 2 aromatic carbocycles. The second kappa shape index (κ2) is 7.46. The Hall–Kier alpha value is -1.86. The monoisotopic (exact) mass is 240 g/mol. The highest BCUT2D eigenvalue weighted by molar-refractivity contribution is 5.31. The number of hydrogen-bond acceptors (Lipinski definition) is 1. The van der Waals surface area contributed by atoms with Crippen LogP contribution < -0.4 is 0 Å². The van der Waals surface area contributed by atoms with Gasteiger partial charge in [-0.05, 0) is 18.1 Å². The SMILES string of the molecule is C=C.COC(c1ccccc1)c1ccc(C)cc1. The molecule has 0 aliphatic carbocycles. The Morgan fingerprint density at radius 1 is 0.833 bits per heavy atom. The first-order valence-corrected chi connectivity index (χ1v) is 5.95. The van der Waals surface area contributed by atoms with Gasteiger partial charge in [-0.1, -0.05) is 60.2 Å². The molecule has 0 spiro atoms. The highest BCUT2D eigenvalue weighted by atomic mass is 16.5. The Morgan fingerprint density at radius 2 is 1.33 bits per heavy atom. The molecule has 0 aromatic heterocycles. The van der Waals surface area contributed by atoms with Crippen molar-refractivity contribution in [3.8, 4) is 0 Å². The number of methoxy groups -OCH3 is 1. The fraction of sp³-hybridized carbons (Fsp3) is 0.176. The van der Waals surface area contributed by atoms with Crippen molar-refractivity contribution in [2.45, 2.75) is 13.0 Å². The van der Waals surface area contributed by atoms with Crippen molar-refractivity contribution in [3.05, 3.63) is 84.4 Å². The summed E-state index contributed by atoms with van der Waals surface area (Å²) < 4.78 is 5.56. The summed E-state index contributed by atoms with van der Waals surface area (Å²) in [5.41, 5.74) is 3.65. The summed E-state index contributed by atoms with van der Waals surface area (Å²) in [6.07, 6.45) is 0.0294. The molecule has 1 unspecified atom stereocenters. The molecule has 94 valence electrons. The minimum absolute atomic E-state index is 0.0294. The lowest BCUT2D eigenvalue weighted by Gasteiger charge is -2.16. The van der Waals surface area contributed by atoms with Crippen molar-refractivity contribution in [2.75, 3.05) is 7.11 Å². The minimum atomic E-state index is 0.0294. The normalized spacial score (nSPS) is 11.2. The summed E-state index contributed by atoms with van der Waals surface area (Å²) in [6.45, 7) is 8.09. The highest BCUT2D eigenvalue weighted by Gasteiger charge is 2.11. The third kappa shape index (κ3) is 3.57. The van der Waals surface area contributed by atoms with E-state index < -0.39 is 0 Å². The van der Waals surface area contributed by atoms with Gasteiger partial charge in [-0.25, -0.2) is 0 Å². The summed E-state index contributed by atoms with van der Waals surface area (Å²) >= 11 is 0. The van der Waals surface area contributed by atoms with E-state index in [0.29, 0.717) is 0 Å². The van der Waals surface area contributed by atoms with Crippen LogP contribution >= 0.6 is 0 Å². The van der Waals surface area contributed by atoms with Crippen LogP contribution in [0.1, 0.15) is 22.8 Å². The van der Waals surface area contributed by atoms with Crippen molar-refractivity contribution in [2.24, 2.45) is 0 Å². The molecular formula is C17H20O. The molecule has 0 aliphatic heterocycles. The topological polar surface area (TPSA) is 9.23 Å². The van der Waals surface area contributed by atoms with E-state index in [0.717, 1.165) is 0 Å². The smallest absolute Gasteiger partial charge is 0.107 e. The van der Waals surface area contributed by atoms with Crippen molar-refractivity contribution >= 4 is 0 Å². The number of hydrogen-bond donors (Lipinski definition) is 0. The Balaban J connectivity index is 0.000000771. The van der Waals surface area contributed by atoms with E-state index in [1.807, 2.05) is 18.2 Å². The molecule has 0 aliphatic rings. The van der Waals surface area contributed by atoms with Crippen LogP contribution in [-0.4, -0.2) is 7.11 Å². The average molecular weight is 240 g/mol. The van der Waals surface area contributed by atoms with Gasteiger partial charge in [0, 0.05) is 7.11 Å². The molecule has 2 aromatic rings. The third-order valence-electron chi connectivity index (χ3n) is 2.72.